The van der Waals surface area contributed by atoms with Gasteiger partial charge in [0.25, 0.3) is 0 Å². The summed E-state index contributed by atoms with van der Waals surface area (Å²) in [5, 5.41) is 4.35. The highest BCUT2D eigenvalue weighted by Gasteiger charge is 2.08. The van der Waals surface area contributed by atoms with Crippen LogP contribution in [0.3, 0.4) is 0 Å². The molecule has 0 bridgehead atoms. The Morgan fingerprint density at radius 2 is 1.92 bits per heavy atom. The number of anilines is 2. The number of nitrogens with one attached hydrogen (secondary N) is 1. The van der Waals surface area contributed by atoms with Crippen molar-refractivity contribution >= 4 is 45.3 Å². The van der Waals surface area contributed by atoms with Gasteiger partial charge in [-0.1, -0.05) is 35.9 Å². The molecule has 0 saturated carbocycles. The van der Waals surface area contributed by atoms with Crippen molar-refractivity contribution in [2.75, 3.05) is 17.6 Å². The van der Waals surface area contributed by atoms with E-state index >= 15 is 0 Å². The molecule has 0 amide bonds. The molecular formula is C20H17ClN4S. The largest absolute Gasteiger partial charge is 0.399 e. The Kier molecular flexibility index (Phi) is 4.73. The van der Waals surface area contributed by atoms with Gasteiger partial charge >= 0.3 is 0 Å². The fourth-order valence-corrected chi connectivity index (χ4v) is 4.07. The first-order valence-electron chi connectivity index (χ1n) is 8.28. The average molecular weight is 381 g/mol. The van der Waals surface area contributed by atoms with Crippen molar-refractivity contribution in [1.29, 1.82) is 0 Å². The number of nitrogens with zero attached hydrogens (tertiary/aromatic N) is 2. The molecule has 0 unspecified atom stereocenters. The Labute approximate surface area is 160 Å². The van der Waals surface area contributed by atoms with Gasteiger partial charge in [-0.3, -0.25) is 0 Å². The molecule has 6 heteroatoms. The van der Waals surface area contributed by atoms with Crippen LogP contribution in [0.25, 0.3) is 21.3 Å². The lowest BCUT2D eigenvalue weighted by molar-refractivity contribution is 1.01. The van der Waals surface area contributed by atoms with Gasteiger partial charge < -0.3 is 11.1 Å². The van der Waals surface area contributed by atoms with E-state index in [0.29, 0.717) is 5.69 Å². The van der Waals surface area contributed by atoms with Gasteiger partial charge in [0.15, 0.2) is 0 Å². The summed E-state index contributed by atoms with van der Waals surface area (Å²) in [6.07, 6.45) is 2.45. The Balaban J connectivity index is 1.54. The molecule has 2 aromatic heterocycles. The minimum absolute atomic E-state index is 0.704. The Morgan fingerprint density at radius 3 is 2.77 bits per heavy atom. The third kappa shape index (κ3) is 3.49. The third-order valence-electron chi connectivity index (χ3n) is 4.20. The molecular weight excluding hydrogens is 364 g/mol. The van der Waals surface area contributed by atoms with Gasteiger partial charge in [0, 0.05) is 22.5 Å². The van der Waals surface area contributed by atoms with Gasteiger partial charge in [-0.25, -0.2) is 9.97 Å². The molecule has 2 heterocycles. The van der Waals surface area contributed by atoms with Crippen LogP contribution in [0.1, 0.15) is 5.56 Å². The van der Waals surface area contributed by atoms with Crippen LogP contribution in [0, 0.1) is 0 Å². The van der Waals surface area contributed by atoms with Gasteiger partial charge in [0.05, 0.1) is 9.85 Å². The summed E-state index contributed by atoms with van der Waals surface area (Å²) in [5.41, 5.74) is 9.99. The van der Waals surface area contributed by atoms with E-state index in [-0.39, 0.29) is 0 Å². The van der Waals surface area contributed by atoms with Crippen LogP contribution in [-0.2, 0) is 6.42 Å². The second kappa shape index (κ2) is 7.32. The first-order chi connectivity index (χ1) is 12.7. The number of aromatic nitrogens is 2. The lowest BCUT2D eigenvalue weighted by Crippen LogP contribution is -2.08. The molecule has 0 fully saturated rings. The molecule has 4 rings (SSSR count). The smallest absolute Gasteiger partial charge is 0.137 e. The van der Waals surface area contributed by atoms with E-state index in [9.17, 15) is 0 Å². The van der Waals surface area contributed by atoms with Crippen molar-refractivity contribution in [3.8, 4) is 10.4 Å². The second-order valence-corrected chi connectivity index (χ2v) is 7.65. The standard InChI is InChI=1S/C20H17ClN4S/c21-19-8-7-18(26-19)15-4-2-1-3-13(15)9-10-23-20-16-11-14(22)5-6-17(16)24-12-25-20/h1-8,11-12H,9-10,22H2,(H,23,24,25). The van der Waals surface area contributed by atoms with E-state index in [1.54, 1.807) is 17.7 Å². The first kappa shape index (κ1) is 16.8. The van der Waals surface area contributed by atoms with Crippen molar-refractivity contribution in [2.24, 2.45) is 0 Å². The van der Waals surface area contributed by atoms with Gasteiger partial charge in [0.2, 0.25) is 0 Å². The van der Waals surface area contributed by atoms with Crippen LogP contribution in [0.15, 0.2) is 60.9 Å². The highest BCUT2D eigenvalue weighted by atomic mass is 35.5. The van der Waals surface area contributed by atoms with E-state index in [2.05, 4.69) is 45.6 Å². The fourth-order valence-electron chi connectivity index (χ4n) is 2.97. The molecule has 2 aromatic carbocycles. The number of hydrogen-bond acceptors (Lipinski definition) is 5. The summed E-state index contributed by atoms with van der Waals surface area (Å²) in [6, 6.07) is 18.1. The van der Waals surface area contributed by atoms with Gasteiger partial charge in [0.1, 0.15) is 12.1 Å². The minimum atomic E-state index is 0.704. The molecule has 0 radical (unpaired) electrons. The summed E-state index contributed by atoms with van der Waals surface area (Å²) in [5.74, 6) is 0.805. The van der Waals surface area contributed by atoms with Crippen LogP contribution in [0.2, 0.25) is 4.34 Å². The zero-order valence-corrected chi connectivity index (χ0v) is 15.5. The van der Waals surface area contributed by atoms with E-state index in [1.807, 2.05) is 24.3 Å². The molecule has 130 valence electrons. The summed E-state index contributed by atoms with van der Waals surface area (Å²) < 4.78 is 0.804. The van der Waals surface area contributed by atoms with Crippen molar-refractivity contribution in [3.05, 3.63) is 70.8 Å². The summed E-state index contributed by atoms with van der Waals surface area (Å²) in [7, 11) is 0. The quantitative estimate of drug-likeness (QED) is 0.464. The highest BCUT2D eigenvalue weighted by molar-refractivity contribution is 7.19. The molecule has 26 heavy (non-hydrogen) atoms. The summed E-state index contributed by atoms with van der Waals surface area (Å²) >= 11 is 7.70. The Hall–Kier alpha value is -2.63. The van der Waals surface area contributed by atoms with Gasteiger partial charge in [-0.2, -0.15) is 0 Å². The zero-order valence-electron chi connectivity index (χ0n) is 13.9. The normalized spacial score (nSPS) is 11.0. The van der Waals surface area contributed by atoms with E-state index in [4.69, 9.17) is 17.3 Å². The number of thiophene rings is 1. The number of halogens is 1. The SMILES string of the molecule is Nc1ccc2ncnc(NCCc3ccccc3-c3ccc(Cl)s3)c2c1. The van der Waals surface area contributed by atoms with Crippen molar-refractivity contribution in [2.45, 2.75) is 6.42 Å². The molecule has 0 saturated heterocycles. The zero-order chi connectivity index (χ0) is 17.9. The lowest BCUT2D eigenvalue weighted by atomic mass is 10.0. The molecule has 0 aliphatic carbocycles. The first-order valence-corrected chi connectivity index (χ1v) is 9.48. The van der Waals surface area contributed by atoms with Crippen LogP contribution in [-0.4, -0.2) is 16.5 Å². The maximum Gasteiger partial charge on any atom is 0.137 e. The van der Waals surface area contributed by atoms with E-state index in [0.717, 1.165) is 34.0 Å². The Morgan fingerprint density at radius 1 is 1.04 bits per heavy atom. The number of rotatable bonds is 5. The van der Waals surface area contributed by atoms with Crippen LogP contribution in [0.5, 0.6) is 0 Å². The van der Waals surface area contributed by atoms with Crippen LogP contribution in [0.4, 0.5) is 11.5 Å². The van der Waals surface area contributed by atoms with Gasteiger partial charge in [-0.15, -0.1) is 11.3 Å². The number of benzene rings is 2. The fraction of sp³-hybridized carbons (Fsp3) is 0.100. The van der Waals surface area contributed by atoms with Crippen molar-refractivity contribution < 1.29 is 0 Å². The molecule has 0 spiro atoms. The molecule has 0 aliphatic heterocycles. The lowest BCUT2D eigenvalue weighted by Gasteiger charge is -2.11. The maximum atomic E-state index is 6.10. The number of fused-ring (bicyclic) bond motifs is 1. The summed E-state index contributed by atoms with van der Waals surface area (Å²) in [4.78, 5) is 9.84. The number of hydrogen-bond donors (Lipinski definition) is 2. The van der Waals surface area contributed by atoms with E-state index in [1.165, 1.54) is 16.0 Å². The number of nitrogen functional groups attached to an aromatic ring is 1. The summed E-state index contributed by atoms with van der Waals surface area (Å²) in [6.45, 7) is 0.761. The second-order valence-electron chi connectivity index (χ2n) is 5.94. The van der Waals surface area contributed by atoms with Crippen LogP contribution < -0.4 is 11.1 Å². The predicted octanol–water partition coefficient (Wildman–Crippen LogP) is 5.25. The third-order valence-corrected chi connectivity index (χ3v) is 5.47. The predicted molar refractivity (Wildman–Crippen MR) is 111 cm³/mol. The highest BCUT2D eigenvalue weighted by Crippen LogP contribution is 2.33. The molecule has 4 aromatic rings. The van der Waals surface area contributed by atoms with Crippen LogP contribution >= 0.6 is 22.9 Å². The molecule has 4 nitrogen and oxygen atoms in total. The maximum absolute atomic E-state index is 6.10. The number of nitrogens with two attached hydrogens (primary N) is 1. The van der Waals surface area contributed by atoms with Gasteiger partial charge in [-0.05, 0) is 47.9 Å². The van der Waals surface area contributed by atoms with E-state index < -0.39 is 0 Å². The molecule has 0 aliphatic rings. The molecule has 0 atom stereocenters. The minimum Gasteiger partial charge on any atom is -0.399 e. The topological polar surface area (TPSA) is 63.8 Å². The monoisotopic (exact) mass is 380 g/mol. The average Bonchev–Trinajstić information content (AvgIpc) is 3.09. The molecule has 3 N–H and O–H groups in total. The van der Waals surface area contributed by atoms with Crippen molar-refractivity contribution in [1.82, 2.24) is 9.97 Å². The Bertz CT molecular complexity index is 1060. The van der Waals surface area contributed by atoms with Crippen molar-refractivity contribution in [3.63, 3.8) is 0 Å².